The molecule has 0 spiro atoms. The minimum Gasteiger partial charge on any atom is -0.360 e. The number of anilines is 1. The number of rotatable bonds is 9. The van der Waals surface area contributed by atoms with Crippen molar-refractivity contribution in [1.29, 1.82) is 0 Å². The number of aryl methyl sites for hydroxylation is 1. The van der Waals surface area contributed by atoms with E-state index in [1.807, 2.05) is 31.2 Å². The van der Waals surface area contributed by atoms with Crippen molar-refractivity contribution in [3.05, 3.63) is 35.4 Å². The summed E-state index contributed by atoms with van der Waals surface area (Å²) >= 11 is 2.94. The Morgan fingerprint density at radius 3 is 2.75 bits per heavy atom. The lowest BCUT2D eigenvalue weighted by Gasteiger charge is -2.10. The summed E-state index contributed by atoms with van der Waals surface area (Å²) in [5.41, 5.74) is 2.32. The van der Waals surface area contributed by atoms with Gasteiger partial charge >= 0.3 is 0 Å². The summed E-state index contributed by atoms with van der Waals surface area (Å²) in [5, 5.41) is 15.1. The van der Waals surface area contributed by atoms with Crippen LogP contribution in [0.2, 0.25) is 0 Å². The standard InChI is InChI=1S/C17H24N4OS2/c1-4-5-10-18-16-20-21-17(24-16)23-13(3)15(22)19-11-14-8-6-12(2)7-9-14/h6-9,13H,4-5,10-11H2,1-3H3,(H,18,20)(H,19,22)/t13-/m1/s1. The highest BCUT2D eigenvalue weighted by Gasteiger charge is 2.16. The molecule has 2 N–H and O–H groups in total. The first-order valence-corrected chi connectivity index (χ1v) is 9.85. The molecule has 0 aliphatic heterocycles. The van der Waals surface area contributed by atoms with Crippen molar-refractivity contribution in [2.24, 2.45) is 0 Å². The van der Waals surface area contributed by atoms with Crippen LogP contribution in [0.5, 0.6) is 0 Å². The first-order valence-electron chi connectivity index (χ1n) is 8.15. The molecule has 24 heavy (non-hydrogen) atoms. The van der Waals surface area contributed by atoms with Crippen molar-refractivity contribution in [1.82, 2.24) is 15.5 Å². The van der Waals surface area contributed by atoms with E-state index < -0.39 is 0 Å². The topological polar surface area (TPSA) is 66.9 Å². The Morgan fingerprint density at radius 2 is 2.04 bits per heavy atom. The van der Waals surface area contributed by atoms with Crippen molar-refractivity contribution in [2.75, 3.05) is 11.9 Å². The Morgan fingerprint density at radius 1 is 1.29 bits per heavy atom. The van der Waals surface area contributed by atoms with E-state index in [4.69, 9.17) is 0 Å². The van der Waals surface area contributed by atoms with E-state index >= 15 is 0 Å². The molecule has 0 saturated carbocycles. The quantitative estimate of drug-likeness (QED) is 0.522. The Labute approximate surface area is 151 Å². The van der Waals surface area contributed by atoms with E-state index in [-0.39, 0.29) is 11.2 Å². The molecule has 0 saturated heterocycles. The second-order valence-corrected chi connectivity index (χ2v) is 8.18. The van der Waals surface area contributed by atoms with Gasteiger partial charge in [0.1, 0.15) is 0 Å². The number of nitrogens with zero attached hydrogens (tertiary/aromatic N) is 2. The molecule has 1 aromatic carbocycles. The Balaban J connectivity index is 1.77. The van der Waals surface area contributed by atoms with Crippen molar-refractivity contribution in [3.8, 4) is 0 Å². The van der Waals surface area contributed by atoms with Crippen LogP contribution in [0.25, 0.3) is 0 Å². The summed E-state index contributed by atoms with van der Waals surface area (Å²) in [6, 6.07) is 8.17. The van der Waals surface area contributed by atoms with Crippen LogP contribution < -0.4 is 10.6 Å². The van der Waals surface area contributed by atoms with Gasteiger partial charge in [-0.3, -0.25) is 4.79 Å². The number of thioether (sulfide) groups is 1. The summed E-state index contributed by atoms with van der Waals surface area (Å²) < 4.78 is 0.812. The van der Waals surface area contributed by atoms with Crippen LogP contribution in [0.15, 0.2) is 28.6 Å². The van der Waals surface area contributed by atoms with E-state index in [1.165, 1.54) is 28.7 Å². The first kappa shape index (κ1) is 18.7. The number of hydrogen-bond acceptors (Lipinski definition) is 6. The van der Waals surface area contributed by atoms with Gasteiger partial charge in [-0.1, -0.05) is 66.3 Å². The molecule has 5 nitrogen and oxygen atoms in total. The van der Waals surface area contributed by atoms with Gasteiger partial charge in [0.05, 0.1) is 5.25 Å². The van der Waals surface area contributed by atoms with Gasteiger partial charge in [-0.05, 0) is 25.8 Å². The zero-order valence-electron chi connectivity index (χ0n) is 14.3. The van der Waals surface area contributed by atoms with Gasteiger partial charge in [0, 0.05) is 13.1 Å². The highest BCUT2D eigenvalue weighted by Crippen LogP contribution is 2.28. The highest BCUT2D eigenvalue weighted by molar-refractivity contribution is 8.02. The second-order valence-electron chi connectivity index (χ2n) is 5.62. The average Bonchev–Trinajstić information content (AvgIpc) is 3.01. The third-order valence-electron chi connectivity index (χ3n) is 3.45. The molecular formula is C17H24N4OS2. The highest BCUT2D eigenvalue weighted by atomic mass is 32.2. The van der Waals surface area contributed by atoms with Gasteiger partial charge in [0.2, 0.25) is 11.0 Å². The largest absolute Gasteiger partial charge is 0.360 e. The lowest BCUT2D eigenvalue weighted by atomic mass is 10.1. The minimum atomic E-state index is -0.202. The lowest BCUT2D eigenvalue weighted by Crippen LogP contribution is -2.30. The molecule has 0 bridgehead atoms. The van der Waals surface area contributed by atoms with E-state index in [0.717, 1.165) is 34.4 Å². The smallest absolute Gasteiger partial charge is 0.233 e. The van der Waals surface area contributed by atoms with Crippen LogP contribution in [0.4, 0.5) is 5.13 Å². The molecule has 2 aromatic rings. The van der Waals surface area contributed by atoms with Crippen LogP contribution in [-0.2, 0) is 11.3 Å². The number of benzene rings is 1. The van der Waals surface area contributed by atoms with E-state index in [1.54, 1.807) is 0 Å². The molecular weight excluding hydrogens is 340 g/mol. The summed E-state index contributed by atoms with van der Waals surface area (Å²) in [6.07, 6.45) is 2.26. The van der Waals surface area contributed by atoms with E-state index in [9.17, 15) is 4.79 Å². The maximum absolute atomic E-state index is 12.2. The van der Waals surface area contributed by atoms with E-state index in [2.05, 4.69) is 34.7 Å². The molecule has 1 heterocycles. The monoisotopic (exact) mass is 364 g/mol. The molecule has 130 valence electrons. The van der Waals surface area contributed by atoms with Crippen LogP contribution >= 0.6 is 23.1 Å². The summed E-state index contributed by atoms with van der Waals surface area (Å²) in [5.74, 6) is 0.0104. The number of unbranched alkanes of at least 4 members (excludes halogenated alkanes) is 1. The minimum absolute atomic E-state index is 0.0104. The number of amides is 1. The predicted molar refractivity (Wildman–Crippen MR) is 102 cm³/mol. The Bertz CT molecular complexity index is 642. The maximum Gasteiger partial charge on any atom is 0.233 e. The molecule has 0 unspecified atom stereocenters. The fourth-order valence-corrected chi connectivity index (χ4v) is 3.89. The van der Waals surface area contributed by atoms with Gasteiger partial charge in [0.15, 0.2) is 4.34 Å². The molecule has 0 aliphatic carbocycles. The van der Waals surface area contributed by atoms with Crippen LogP contribution in [0, 0.1) is 6.92 Å². The summed E-state index contributed by atoms with van der Waals surface area (Å²) in [6.45, 7) is 7.54. The zero-order chi connectivity index (χ0) is 17.4. The maximum atomic E-state index is 12.2. The fraction of sp³-hybridized carbons (Fsp3) is 0.471. The Hall–Kier alpha value is -1.60. The average molecular weight is 365 g/mol. The third-order valence-corrected chi connectivity index (χ3v) is 5.51. The van der Waals surface area contributed by atoms with Gasteiger partial charge < -0.3 is 10.6 Å². The number of hydrogen-bond donors (Lipinski definition) is 2. The van der Waals surface area contributed by atoms with Gasteiger partial charge in [-0.15, -0.1) is 10.2 Å². The third kappa shape index (κ3) is 6.13. The molecule has 1 amide bonds. The summed E-state index contributed by atoms with van der Waals surface area (Å²) in [4.78, 5) is 12.2. The number of carbonyl (C=O) groups is 1. The number of nitrogens with one attached hydrogen (secondary N) is 2. The summed E-state index contributed by atoms with van der Waals surface area (Å²) in [7, 11) is 0. The van der Waals surface area contributed by atoms with Crippen LogP contribution in [0.3, 0.4) is 0 Å². The molecule has 0 aliphatic rings. The number of aromatic nitrogens is 2. The van der Waals surface area contributed by atoms with Gasteiger partial charge in [-0.25, -0.2) is 0 Å². The zero-order valence-corrected chi connectivity index (χ0v) is 16.0. The van der Waals surface area contributed by atoms with Crippen molar-refractivity contribution in [2.45, 2.75) is 49.7 Å². The van der Waals surface area contributed by atoms with Crippen molar-refractivity contribution in [3.63, 3.8) is 0 Å². The van der Waals surface area contributed by atoms with Crippen LogP contribution in [-0.4, -0.2) is 27.9 Å². The Kier molecular flexibility index (Phi) is 7.52. The van der Waals surface area contributed by atoms with Crippen molar-refractivity contribution < 1.29 is 4.79 Å². The van der Waals surface area contributed by atoms with Crippen molar-refractivity contribution >= 4 is 34.1 Å². The van der Waals surface area contributed by atoms with Gasteiger partial charge in [-0.2, -0.15) is 0 Å². The lowest BCUT2D eigenvalue weighted by molar-refractivity contribution is -0.120. The molecule has 1 atom stereocenters. The second kappa shape index (κ2) is 9.64. The predicted octanol–water partition coefficient (Wildman–Crippen LogP) is 3.86. The molecule has 1 aromatic heterocycles. The molecule has 2 rings (SSSR count). The molecule has 7 heteroatoms. The SMILES string of the molecule is CCCCNc1nnc(S[C@H](C)C(=O)NCc2ccc(C)cc2)s1. The normalized spacial score (nSPS) is 12.0. The molecule has 0 fully saturated rings. The van der Waals surface area contributed by atoms with E-state index in [0.29, 0.717) is 6.54 Å². The van der Waals surface area contributed by atoms with Crippen LogP contribution in [0.1, 0.15) is 37.8 Å². The molecule has 0 radical (unpaired) electrons. The first-order chi connectivity index (χ1) is 11.6. The van der Waals surface area contributed by atoms with Gasteiger partial charge in [0.25, 0.3) is 0 Å². The number of carbonyl (C=O) groups excluding carboxylic acids is 1. The fourth-order valence-electron chi connectivity index (χ4n) is 1.94.